The van der Waals surface area contributed by atoms with Gasteiger partial charge in [0.1, 0.15) is 0 Å². The van der Waals surface area contributed by atoms with Crippen LogP contribution in [0.2, 0.25) is 0 Å². The van der Waals surface area contributed by atoms with Crippen molar-refractivity contribution in [1.29, 1.82) is 0 Å². The number of benzene rings is 1. The highest BCUT2D eigenvalue weighted by Crippen LogP contribution is 2.20. The van der Waals surface area contributed by atoms with Gasteiger partial charge in [0.05, 0.1) is 4.90 Å². The predicted molar refractivity (Wildman–Crippen MR) is 79.8 cm³/mol. The van der Waals surface area contributed by atoms with Crippen molar-refractivity contribution in [2.45, 2.75) is 24.8 Å². The third-order valence-corrected chi connectivity index (χ3v) is 4.57. The van der Waals surface area contributed by atoms with Crippen LogP contribution in [0.1, 0.15) is 12.5 Å². The lowest BCUT2D eigenvalue weighted by Gasteiger charge is -2.13. The number of hydrogen-bond donors (Lipinski definition) is 2. The van der Waals surface area contributed by atoms with E-state index in [9.17, 15) is 8.42 Å². The molecule has 1 atom stereocenters. The summed E-state index contributed by atoms with van der Waals surface area (Å²) in [6.45, 7) is 4.06. The summed E-state index contributed by atoms with van der Waals surface area (Å²) in [6.07, 6.45) is 0. The molecule has 0 saturated heterocycles. The molecule has 0 spiro atoms. The van der Waals surface area contributed by atoms with Crippen LogP contribution in [-0.4, -0.2) is 28.1 Å². The number of nitrogens with one attached hydrogen (secondary N) is 2. The van der Waals surface area contributed by atoms with Gasteiger partial charge in [-0.15, -0.1) is 12.4 Å². The molecule has 104 valence electrons. The first-order chi connectivity index (χ1) is 7.86. The lowest BCUT2D eigenvalue weighted by atomic mass is 10.2. The van der Waals surface area contributed by atoms with Gasteiger partial charge in [0, 0.05) is 17.1 Å². The van der Waals surface area contributed by atoms with Crippen molar-refractivity contribution in [1.82, 2.24) is 10.0 Å². The monoisotopic (exact) mass is 356 g/mol. The van der Waals surface area contributed by atoms with E-state index in [-0.39, 0.29) is 18.4 Å². The van der Waals surface area contributed by atoms with Gasteiger partial charge >= 0.3 is 0 Å². The second-order valence-corrected chi connectivity index (χ2v) is 6.60. The first-order valence-corrected chi connectivity index (χ1v) is 7.57. The normalized spacial score (nSPS) is 12.9. The van der Waals surface area contributed by atoms with Crippen LogP contribution in [0, 0.1) is 6.92 Å². The van der Waals surface area contributed by atoms with Crippen LogP contribution in [0.25, 0.3) is 0 Å². The Morgan fingerprint density at radius 3 is 2.56 bits per heavy atom. The highest BCUT2D eigenvalue weighted by molar-refractivity contribution is 9.10. The van der Waals surface area contributed by atoms with E-state index in [1.807, 2.05) is 13.0 Å². The highest BCUT2D eigenvalue weighted by atomic mass is 79.9. The van der Waals surface area contributed by atoms with Crippen LogP contribution in [0.5, 0.6) is 0 Å². The summed E-state index contributed by atoms with van der Waals surface area (Å²) in [5.74, 6) is 0. The summed E-state index contributed by atoms with van der Waals surface area (Å²) < 4.78 is 27.5. The van der Waals surface area contributed by atoms with Crippen LogP contribution in [0.3, 0.4) is 0 Å². The second kappa shape index (κ2) is 7.45. The van der Waals surface area contributed by atoms with Gasteiger partial charge in [0.25, 0.3) is 0 Å². The van der Waals surface area contributed by atoms with Gasteiger partial charge in [0.2, 0.25) is 10.0 Å². The van der Waals surface area contributed by atoms with Crippen LogP contribution < -0.4 is 10.0 Å². The summed E-state index contributed by atoms with van der Waals surface area (Å²) in [7, 11) is -1.64. The minimum atomic E-state index is -3.44. The number of halogens is 2. The number of sulfonamides is 1. The number of likely N-dealkylation sites (N-methyl/N-ethyl adjacent to an activating group) is 1. The summed E-state index contributed by atoms with van der Waals surface area (Å²) >= 11 is 3.28. The zero-order valence-electron chi connectivity index (χ0n) is 10.5. The molecule has 0 saturated carbocycles. The van der Waals surface area contributed by atoms with Crippen molar-refractivity contribution < 1.29 is 8.42 Å². The molecule has 18 heavy (non-hydrogen) atoms. The smallest absolute Gasteiger partial charge is 0.240 e. The largest absolute Gasteiger partial charge is 0.316 e. The molecule has 0 aliphatic carbocycles. The standard InChI is InChI=1S/C11H17BrN2O2S.ClH/c1-8-4-5-10(12)6-11(8)17(15,16)14-7-9(2)13-3;/h4-6,9,13-14H,7H2,1-3H3;1H. The molecule has 0 aliphatic heterocycles. The predicted octanol–water partition coefficient (Wildman–Crippen LogP) is 2.07. The lowest BCUT2D eigenvalue weighted by molar-refractivity contribution is 0.554. The van der Waals surface area contributed by atoms with Crippen molar-refractivity contribution in [3.8, 4) is 0 Å². The molecule has 0 aromatic heterocycles. The molecule has 0 bridgehead atoms. The van der Waals surface area contributed by atoms with Crippen molar-refractivity contribution >= 4 is 38.4 Å². The van der Waals surface area contributed by atoms with E-state index in [2.05, 4.69) is 26.0 Å². The Labute approximate surface area is 123 Å². The zero-order valence-corrected chi connectivity index (χ0v) is 13.7. The molecule has 4 nitrogen and oxygen atoms in total. The molecule has 0 amide bonds. The third-order valence-electron chi connectivity index (χ3n) is 2.51. The van der Waals surface area contributed by atoms with Crippen LogP contribution in [0.4, 0.5) is 0 Å². The first-order valence-electron chi connectivity index (χ1n) is 5.30. The number of aryl methyl sites for hydroxylation is 1. The van der Waals surface area contributed by atoms with Crippen molar-refractivity contribution in [2.75, 3.05) is 13.6 Å². The molecule has 0 fully saturated rings. The Bertz CT molecular complexity index is 494. The molecule has 1 unspecified atom stereocenters. The van der Waals surface area contributed by atoms with E-state index < -0.39 is 10.0 Å². The van der Waals surface area contributed by atoms with Crippen molar-refractivity contribution in [3.63, 3.8) is 0 Å². The van der Waals surface area contributed by atoms with Gasteiger partial charge < -0.3 is 5.32 Å². The number of rotatable bonds is 5. The molecular weight excluding hydrogens is 340 g/mol. The van der Waals surface area contributed by atoms with Gasteiger partial charge in [-0.05, 0) is 38.6 Å². The van der Waals surface area contributed by atoms with Crippen LogP contribution >= 0.6 is 28.3 Å². The van der Waals surface area contributed by atoms with E-state index in [0.29, 0.717) is 11.4 Å². The molecule has 0 heterocycles. The number of hydrogen-bond acceptors (Lipinski definition) is 3. The van der Waals surface area contributed by atoms with E-state index >= 15 is 0 Å². The Morgan fingerprint density at radius 2 is 2.00 bits per heavy atom. The van der Waals surface area contributed by atoms with Crippen LogP contribution in [0.15, 0.2) is 27.6 Å². The van der Waals surface area contributed by atoms with Gasteiger partial charge in [-0.3, -0.25) is 0 Å². The summed E-state index contributed by atoms with van der Waals surface area (Å²) in [5.41, 5.74) is 0.734. The average Bonchev–Trinajstić information content (AvgIpc) is 2.29. The summed E-state index contributed by atoms with van der Waals surface area (Å²) in [5, 5.41) is 2.98. The fraction of sp³-hybridized carbons (Fsp3) is 0.455. The maximum atomic E-state index is 12.1. The first kappa shape index (κ1) is 17.9. The molecule has 1 rings (SSSR count). The second-order valence-electron chi connectivity index (χ2n) is 3.95. The summed E-state index contributed by atoms with van der Waals surface area (Å²) in [6, 6.07) is 5.31. The van der Waals surface area contributed by atoms with Crippen LogP contribution in [-0.2, 0) is 10.0 Å². The fourth-order valence-corrected chi connectivity index (χ4v) is 3.19. The average molecular weight is 358 g/mol. The van der Waals surface area contributed by atoms with E-state index in [0.717, 1.165) is 10.0 Å². The highest BCUT2D eigenvalue weighted by Gasteiger charge is 2.17. The molecule has 0 radical (unpaired) electrons. The van der Waals surface area contributed by atoms with E-state index in [1.54, 1.807) is 26.1 Å². The lowest BCUT2D eigenvalue weighted by Crippen LogP contribution is -2.37. The molecule has 2 N–H and O–H groups in total. The van der Waals surface area contributed by atoms with Crippen molar-refractivity contribution in [2.24, 2.45) is 0 Å². The molecule has 1 aromatic rings. The van der Waals surface area contributed by atoms with Gasteiger partial charge in [0.15, 0.2) is 0 Å². The molecular formula is C11H18BrClN2O2S. The van der Waals surface area contributed by atoms with E-state index in [4.69, 9.17) is 0 Å². The van der Waals surface area contributed by atoms with Gasteiger partial charge in [-0.2, -0.15) is 0 Å². The Balaban J connectivity index is 0.00000289. The quantitative estimate of drug-likeness (QED) is 0.848. The Morgan fingerprint density at radius 1 is 1.39 bits per heavy atom. The molecule has 0 aliphatic rings. The van der Waals surface area contributed by atoms with Gasteiger partial charge in [-0.1, -0.05) is 22.0 Å². The molecule has 7 heteroatoms. The Kier molecular flexibility index (Phi) is 7.39. The maximum absolute atomic E-state index is 12.1. The van der Waals surface area contributed by atoms with Gasteiger partial charge in [-0.25, -0.2) is 13.1 Å². The van der Waals surface area contributed by atoms with E-state index in [1.165, 1.54) is 0 Å². The minimum absolute atomic E-state index is 0. The SMILES string of the molecule is CNC(C)CNS(=O)(=O)c1cc(Br)ccc1C.Cl. The Hall–Kier alpha value is -0.140. The topological polar surface area (TPSA) is 58.2 Å². The fourth-order valence-electron chi connectivity index (χ4n) is 1.28. The maximum Gasteiger partial charge on any atom is 0.240 e. The third kappa shape index (κ3) is 4.85. The zero-order chi connectivity index (χ0) is 13.1. The summed E-state index contributed by atoms with van der Waals surface area (Å²) in [4.78, 5) is 0.315. The molecule has 1 aromatic carbocycles. The van der Waals surface area contributed by atoms with Crippen molar-refractivity contribution in [3.05, 3.63) is 28.2 Å². The minimum Gasteiger partial charge on any atom is -0.316 e.